The maximum absolute atomic E-state index is 13.8. The minimum atomic E-state index is -0.276. The van der Waals surface area contributed by atoms with Crippen LogP contribution >= 0.6 is 0 Å². The second kappa shape index (κ2) is 7.36. The van der Waals surface area contributed by atoms with Gasteiger partial charge in [-0.25, -0.2) is 9.37 Å². The van der Waals surface area contributed by atoms with Crippen molar-refractivity contribution in [3.63, 3.8) is 0 Å². The molecular weight excluding hydrogens is 355 g/mol. The molecule has 1 fully saturated rings. The Hall–Kier alpha value is -2.73. The number of imidazole rings is 1. The van der Waals surface area contributed by atoms with Gasteiger partial charge in [-0.15, -0.1) is 0 Å². The highest BCUT2D eigenvalue weighted by Crippen LogP contribution is 2.31. The maximum Gasteiger partial charge on any atom is 0.241 e. The summed E-state index contributed by atoms with van der Waals surface area (Å²) in [6, 6.07) is 10.6. The van der Waals surface area contributed by atoms with Gasteiger partial charge in [0, 0.05) is 17.3 Å². The number of rotatable bonds is 4. The monoisotopic (exact) mass is 380 g/mol. The summed E-state index contributed by atoms with van der Waals surface area (Å²) in [5, 5.41) is 6.28. The Labute approximate surface area is 164 Å². The summed E-state index contributed by atoms with van der Waals surface area (Å²) in [5.74, 6) is 0.490. The summed E-state index contributed by atoms with van der Waals surface area (Å²) in [7, 11) is 0. The summed E-state index contributed by atoms with van der Waals surface area (Å²) < 4.78 is 15.8. The molecule has 5 nitrogen and oxygen atoms in total. The number of nitrogens with one attached hydrogen (secondary N) is 2. The molecular formula is C22H25FN4O. The summed E-state index contributed by atoms with van der Waals surface area (Å²) in [6.45, 7) is 6.96. The summed E-state index contributed by atoms with van der Waals surface area (Å²) in [4.78, 5) is 17.3. The molecule has 3 aromatic rings. The number of carbonyl (C=O) groups excluding carboxylic acids is 1. The number of carbonyl (C=O) groups is 1. The fourth-order valence-corrected chi connectivity index (χ4v) is 3.82. The average Bonchev–Trinajstić information content (AvgIpc) is 3.30. The number of fused-ring (bicyclic) bond motifs is 1. The highest BCUT2D eigenvalue weighted by Gasteiger charge is 2.23. The predicted octanol–water partition coefficient (Wildman–Crippen LogP) is 4.42. The number of hydrogen-bond donors (Lipinski definition) is 2. The van der Waals surface area contributed by atoms with Gasteiger partial charge in [0.2, 0.25) is 5.91 Å². The van der Waals surface area contributed by atoms with E-state index in [4.69, 9.17) is 4.98 Å². The number of halogens is 1. The lowest BCUT2D eigenvalue weighted by Crippen LogP contribution is -2.35. The van der Waals surface area contributed by atoms with Crippen LogP contribution in [0, 0.1) is 12.7 Å². The Morgan fingerprint density at radius 3 is 2.82 bits per heavy atom. The number of amides is 1. The van der Waals surface area contributed by atoms with Crippen molar-refractivity contribution in [1.29, 1.82) is 0 Å². The van der Waals surface area contributed by atoms with Crippen LogP contribution < -0.4 is 10.6 Å². The van der Waals surface area contributed by atoms with Gasteiger partial charge in [-0.3, -0.25) is 4.79 Å². The van der Waals surface area contributed by atoms with Gasteiger partial charge in [0.25, 0.3) is 0 Å². The lowest BCUT2D eigenvalue weighted by molar-refractivity contribution is -0.117. The molecule has 28 heavy (non-hydrogen) atoms. The predicted molar refractivity (Wildman–Crippen MR) is 110 cm³/mol. The Kier molecular flexibility index (Phi) is 4.89. The normalized spacial score (nSPS) is 16.8. The van der Waals surface area contributed by atoms with Crippen LogP contribution in [0.5, 0.6) is 0 Å². The molecule has 4 rings (SSSR count). The van der Waals surface area contributed by atoms with E-state index in [1.807, 2.05) is 29.7 Å². The van der Waals surface area contributed by atoms with E-state index in [0.29, 0.717) is 0 Å². The van der Waals surface area contributed by atoms with Crippen molar-refractivity contribution in [3.8, 4) is 11.4 Å². The minimum absolute atomic E-state index is 0.00261. The second-order valence-corrected chi connectivity index (χ2v) is 7.70. The fraction of sp³-hybridized carbons (Fsp3) is 0.364. The molecule has 0 bridgehead atoms. The Morgan fingerprint density at radius 1 is 1.29 bits per heavy atom. The van der Waals surface area contributed by atoms with Crippen LogP contribution in [-0.2, 0) is 4.79 Å². The van der Waals surface area contributed by atoms with Crippen LogP contribution in [0.2, 0.25) is 0 Å². The van der Waals surface area contributed by atoms with Crippen LogP contribution in [0.4, 0.5) is 10.1 Å². The third-order valence-electron chi connectivity index (χ3n) is 5.30. The summed E-state index contributed by atoms with van der Waals surface area (Å²) >= 11 is 0. The van der Waals surface area contributed by atoms with Gasteiger partial charge in [-0.2, -0.15) is 0 Å². The smallest absolute Gasteiger partial charge is 0.241 e. The first-order valence-corrected chi connectivity index (χ1v) is 9.77. The molecule has 1 unspecified atom stereocenters. The molecule has 2 heterocycles. The van der Waals surface area contributed by atoms with Crippen molar-refractivity contribution in [2.75, 3.05) is 11.9 Å². The van der Waals surface area contributed by atoms with Crippen LogP contribution in [0.25, 0.3) is 22.4 Å². The van der Waals surface area contributed by atoms with Crippen molar-refractivity contribution >= 4 is 22.6 Å². The van der Waals surface area contributed by atoms with E-state index in [0.717, 1.165) is 53.1 Å². The van der Waals surface area contributed by atoms with Crippen molar-refractivity contribution < 1.29 is 9.18 Å². The van der Waals surface area contributed by atoms with Crippen LogP contribution in [-0.4, -0.2) is 28.0 Å². The largest absolute Gasteiger partial charge is 0.324 e. The molecule has 0 saturated carbocycles. The number of anilines is 1. The minimum Gasteiger partial charge on any atom is -0.324 e. The average molecular weight is 380 g/mol. The Bertz CT molecular complexity index is 1030. The van der Waals surface area contributed by atoms with Crippen molar-refractivity contribution in [1.82, 2.24) is 14.9 Å². The van der Waals surface area contributed by atoms with Gasteiger partial charge in [0.15, 0.2) is 0 Å². The standard InChI is InChI=1S/C22H25FN4O/c1-13(2)27-20-12-16(23)8-9-17(20)25-21(27)15-7-6-14(3)19(11-15)26-22(28)18-5-4-10-24-18/h6-9,11-13,18,24H,4-5,10H2,1-3H3,(H,26,28). The van der Waals surface area contributed by atoms with Gasteiger partial charge in [-0.05, 0) is 70.0 Å². The first-order chi connectivity index (χ1) is 13.4. The molecule has 1 aliphatic rings. The third kappa shape index (κ3) is 3.40. The lowest BCUT2D eigenvalue weighted by atomic mass is 10.1. The molecule has 146 valence electrons. The van der Waals surface area contributed by atoms with E-state index in [1.54, 1.807) is 6.07 Å². The Morgan fingerprint density at radius 2 is 2.11 bits per heavy atom. The van der Waals surface area contributed by atoms with E-state index < -0.39 is 0 Å². The van der Waals surface area contributed by atoms with Crippen LogP contribution in [0.3, 0.4) is 0 Å². The number of aryl methyl sites for hydroxylation is 1. The summed E-state index contributed by atoms with van der Waals surface area (Å²) in [6.07, 6.45) is 1.88. The molecule has 0 radical (unpaired) electrons. The maximum atomic E-state index is 13.8. The van der Waals surface area contributed by atoms with E-state index >= 15 is 0 Å². The van der Waals surface area contributed by atoms with Crippen LogP contribution in [0.15, 0.2) is 36.4 Å². The number of hydrogen-bond acceptors (Lipinski definition) is 3. The second-order valence-electron chi connectivity index (χ2n) is 7.70. The molecule has 1 amide bonds. The zero-order chi connectivity index (χ0) is 19.8. The molecule has 2 N–H and O–H groups in total. The molecule has 1 atom stereocenters. The van der Waals surface area contributed by atoms with Gasteiger partial charge in [-0.1, -0.05) is 12.1 Å². The van der Waals surface area contributed by atoms with Gasteiger partial charge in [0.05, 0.1) is 17.1 Å². The quantitative estimate of drug-likeness (QED) is 0.704. The van der Waals surface area contributed by atoms with Crippen LogP contribution in [0.1, 0.15) is 38.3 Å². The fourth-order valence-electron chi connectivity index (χ4n) is 3.82. The Balaban J connectivity index is 1.75. The number of benzene rings is 2. The SMILES string of the molecule is Cc1ccc(-c2nc3ccc(F)cc3n2C(C)C)cc1NC(=O)C1CCCN1. The van der Waals surface area contributed by atoms with E-state index in [-0.39, 0.29) is 23.8 Å². The summed E-state index contributed by atoms with van der Waals surface area (Å²) in [5.41, 5.74) is 4.20. The molecule has 1 aromatic heterocycles. The van der Waals surface area contributed by atoms with Crippen molar-refractivity contribution in [2.24, 2.45) is 0 Å². The van der Waals surface area contributed by atoms with E-state index in [1.165, 1.54) is 12.1 Å². The van der Waals surface area contributed by atoms with E-state index in [9.17, 15) is 9.18 Å². The molecule has 0 spiro atoms. The zero-order valence-corrected chi connectivity index (χ0v) is 16.4. The lowest BCUT2D eigenvalue weighted by Gasteiger charge is -2.16. The zero-order valence-electron chi connectivity index (χ0n) is 16.4. The molecule has 2 aromatic carbocycles. The van der Waals surface area contributed by atoms with Gasteiger partial charge < -0.3 is 15.2 Å². The van der Waals surface area contributed by atoms with Crippen molar-refractivity contribution in [3.05, 3.63) is 47.8 Å². The first-order valence-electron chi connectivity index (χ1n) is 9.77. The van der Waals surface area contributed by atoms with Gasteiger partial charge in [0.1, 0.15) is 11.6 Å². The van der Waals surface area contributed by atoms with Crippen molar-refractivity contribution in [2.45, 2.75) is 45.7 Å². The highest BCUT2D eigenvalue weighted by atomic mass is 19.1. The molecule has 0 aliphatic carbocycles. The third-order valence-corrected chi connectivity index (χ3v) is 5.30. The number of aromatic nitrogens is 2. The topological polar surface area (TPSA) is 59.0 Å². The van der Waals surface area contributed by atoms with E-state index in [2.05, 4.69) is 24.5 Å². The highest BCUT2D eigenvalue weighted by molar-refractivity contribution is 5.96. The number of nitrogens with zero attached hydrogens (tertiary/aromatic N) is 2. The molecule has 1 aliphatic heterocycles. The molecule has 6 heteroatoms. The van der Waals surface area contributed by atoms with Gasteiger partial charge >= 0.3 is 0 Å². The first kappa shape index (κ1) is 18.6. The molecule has 1 saturated heterocycles.